The van der Waals surface area contributed by atoms with E-state index in [1.807, 2.05) is 36.9 Å². The smallest absolute Gasteiger partial charge is 0.293 e. The molecule has 0 radical (unpaired) electrons. The number of benzene rings is 2. The lowest BCUT2D eigenvalue weighted by atomic mass is 9.87. The largest absolute Gasteiger partial charge is 0.478 e. The van der Waals surface area contributed by atoms with Crippen LogP contribution < -0.4 is 36.5 Å². The van der Waals surface area contributed by atoms with Gasteiger partial charge >= 0.3 is 0 Å². The van der Waals surface area contributed by atoms with Crippen LogP contribution >= 0.6 is 11.6 Å². The molecule has 4 N–H and O–H groups in total. The molecular formula is C44H50ClFN10O7. The summed E-state index contributed by atoms with van der Waals surface area (Å²) in [6.45, 7) is 7.75. The fourth-order valence-electron chi connectivity index (χ4n) is 9.47. The lowest BCUT2D eigenvalue weighted by Gasteiger charge is -2.47. The SMILES string of the molecule is CC(C)n1c(=O)c(OCC(N)=O)cc2cc(Nc3nc(N4CCC(O[C@H]5C[C@H](N6CCN(c7ccc8c(c7F)CN([C@@H]7CCC(=O)NC7=O)C8=O)CC6)C5)CC4)ncc3Cl)ccc21. The van der Waals surface area contributed by atoms with Crippen LogP contribution in [0, 0.1) is 5.82 Å². The number of nitrogens with one attached hydrogen (secondary N) is 2. The first-order valence-corrected chi connectivity index (χ1v) is 21.9. The minimum absolute atomic E-state index is 0.0101. The van der Waals surface area contributed by atoms with Gasteiger partial charge in [-0.3, -0.25) is 34.2 Å². The number of nitrogens with two attached hydrogens (primary N) is 1. The first kappa shape index (κ1) is 42.5. The topological polar surface area (TPSA) is 198 Å². The Morgan fingerprint density at radius 2 is 1.75 bits per heavy atom. The van der Waals surface area contributed by atoms with Gasteiger partial charge in [0.05, 0.1) is 36.2 Å². The number of fused-ring (bicyclic) bond motifs is 2. The van der Waals surface area contributed by atoms with Gasteiger partial charge in [0, 0.05) is 80.0 Å². The van der Waals surface area contributed by atoms with Crippen LogP contribution in [0.3, 0.4) is 0 Å². The van der Waals surface area contributed by atoms with Gasteiger partial charge in [0.2, 0.25) is 17.8 Å². The van der Waals surface area contributed by atoms with Crippen LogP contribution in [-0.4, -0.2) is 118 Å². The number of anilines is 4. The van der Waals surface area contributed by atoms with Crippen LogP contribution in [0.2, 0.25) is 5.02 Å². The number of hydrogen-bond donors (Lipinski definition) is 3. The van der Waals surface area contributed by atoms with Crippen molar-refractivity contribution >= 4 is 69.3 Å². The van der Waals surface area contributed by atoms with E-state index in [0.717, 1.165) is 51.9 Å². The molecule has 19 heteroatoms. The molecule has 3 saturated heterocycles. The average Bonchev–Trinajstić information content (AvgIpc) is 3.58. The van der Waals surface area contributed by atoms with E-state index in [4.69, 9.17) is 31.8 Å². The van der Waals surface area contributed by atoms with Gasteiger partial charge in [-0.1, -0.05) is 11.6 Å². The number of nitrogens with zero attached hydrogens (tertiary/aromatic N) is 7. The summed E-state index contributed by atoms with van der Waals surface area (Å²) in [5.41, 5.74) is 7.36. The minimum atomic E-state index is -0.783. The van der Waals surface area contributed by atoms with Gasteiger partial charge in [-0.25, -0.2) is 9.37 Å². The summed E-state index contributed by atoms with van der Waals surface area (Å²) in [5, 5.41) is 6.66. The number of carbonyl (C=O) groups excluding carboxylic acids is 4. The molecule has 4 fully saturated rings. The second-order valence-corrected chi connectivity index (χ2v) is 17.6. The predicted molar refractivity (Wildman–Crippen MR) is 233 cm³/mol. The molecule has 332 valence electrons. The second kappa shape index (κ2) is 17.4. The van der Waals surface area contributed by atoms with Crippen molar-refractivity contribution in [3.05, 3.63) is 74.9 Å². The van der Waals surface area contributed by atoms with Crippen molar-refractivity contribution in [2.75, 3.05) is 61.0 Å². The number of ether oxygens (including phenoxy) is 2. The molecule has 0 unspecified atom stereocenters. The van der Waals surface area contributed by atoms with Crippen LogP contribution in [0.5, 0.6) is 5.75 Å². The molecule has 1 atom stereocenters. The lowest BCUT2D eigenvalue weighted by Crippen LogP contribution is -2.56. The van der Waals surface area contributed by atoms with Gasteiger partial charge in [-0.05, 0) is 82.3 Å². The van der Waals surface area contributed by atoms with E-state index in [9.17, 15) is 24.0 Å². The summed E-state index contributed by atoms with van der Waals surface area (Å²) < 4.78 is 29.6. The maximum absolute atomic E-state index is 16.0. The van der Waals surface area contributed by atoms with Crippen molar-refractivity contribution in [2.24, 2.45) is 5.73 Å². The zero-order valence-corrected chi connectivity index (χ0v) is 35.9. The van der Waals surface area contributed by atoms with Crippen molar-refractivity contribution in [1.82, 2.24) is 29.7 Å². The van der Waals surface area contributed by atoms with Crippen molar-refractivity contribution in [3.8, 4) is 5.75 Å². The molecule has 1 aliphatic carbocycles. The van der Waals surface area contributed by atoms with Gasteiger partial charge in [0.15, 0.2) is 24.0 Å². The van der Waals surface area contributed by atoms with Crippen LogP contribution in [-0.2, 0) is 25.7 Å². The first-order valence-electron chi connectivity index (χ1n) is 21.6. The molecule has 4 amide bonds. The van der Waals surface area contributed by atoms with Crippen LogP contribution in [0.4, 0.5) is 27.5 Å². The predicted octanol–water partition coefficient (Wildman–Crippen LogP) is 3.87. The van der Waals surface area contributed by atoms with E-state index in [0.29, 0.717) is 63.8 Å². The Morgan fingerprint density at radius 3 is 2.46 bits per heavy atom. The molecule has 4 aliphatic heterocycles. The highest BCUT2D eigenvalue weighted by molar-refractivity contribution is 6.33. The number of piperidine rings is 2. The fourth-order valence-corrected chi connectivity index (χ4v) is 9.61. The quantitative estimate of drug-likeness (QED) is 0.174. The Hall–Kier alpha value is -5.85. The van der Waals surface area contributed by atoms with Gasteiger partial charge in [0.1, 0.15) is 11.1 Å². The first-order chi connectivity index (χ1) is 30.3. The Labute approximate surface area is 367 Å². The van der Waals surface area contributed by atoms with E-state index < -0.39 is 30.3 Å². The van der Waals surface area contributed by atoms with Crippen LogP contribution in [0.1, 0.15) is 74.3 Å². The number of aromatic nitrogens is 3. The van der Waals surface area contributed by atoms with E-state index >= 15 is 4.39 Å². The van der Waals surface area contributed by atoms with Crippen molar-refractivity contribution < 1.29 is 33.0 Å². The molecule has 0 spiro atoms. The highest BCUT2D eigenvalue weighted by atomic mass is 35.5. The molecule has 1 saturated carbocycles. The highest BCUT2D eigenvalue weighted by Crippen LogP contribution is 2.37. The summed E-state index contributed by atoms with van der Waals surface area (Å²) in [5.74, 6) is -1.32. The number of hydrogen-bond acceptors (Lipinski definition) is 13. The number of halogens is 2. The Kier molecular flexibility index (Phi) is 11.7. The van der Waals surface area contributed by atoms with Crippen LogP contribution in [0.15, 0.2) is 47.4 Å². The Bertz CT molecular complexity index is 2530. The Balaban J connectivity index is 0.746. The third-order valence-electron chi connectivity index (χ3n) is 12.9. The summed E-state index contributed by atoms with van der Waals surface area (Å²) >= 11 is 6.57. The second-order valence-electron chi connectivity index (χ2n) is 17.2. The molecule has 0 bridgehead atoms. The highest BCUT2D eigenvalue weighted by Gasteiger charge is 2.42. The third-order valence-corrected chi connectivity index (χ3v) is 13.1. The summed E-state index contributed by atoms with van der Waals surface area (Å²) in [6.07, 6.45) is 5.85. The van der Waals surface area contributed by atoms with E-state index in [1.165, 1.54) is 4.90 Å². The number of carbonyl (C=O) groups is 4. The zero-order chi connectivity index (χ0) is 44.1. The molecule has 6 heterocycles. The third kappa shape index (κ3) is 8.50. The maximum Gasteiger partial charge on any atom is 0.293 e. The average molecular weight is 885 g/mol. The standard InChI is InChI=1S/C44H50ClFN10O7/c1-24(2)56-33-5-3-26(17-25(33)18-36(43(56)61)62-23-37(47)57)49-40-32(45)21-48-44(51-40)54-11-9-28(10-12-54)63-29-19-27(20-29)52-13-15-53(16-14-52)34-6-4-30-31(39(34)46)22-55(42(30)60)35-7-8-38(58)50-41(35)59/h3-6,17-18,21,24,27-29,35H,7-16,19-20,22-23H2,1-2H3,(H2,47,57)(H,48,49,51)(H,50,58,59)/t27-,29-,35-/m1/s1. The number of imide groups is 1. The minimum Gasteiger partial charge on any atom is -0.478 e. The molecule has 4 aromatic rings. The monoisotopic (exact) mass is 884 g/mol. The van der Waals surface area contributed by atoms with Gasteiger partial charge < -0.3 is 39.8 Å². The molecule has 9 rings (SSSR count). The lowest BCUT2D eigenvalue weighted by molar-refractivity contribution is -0.137. The van der Waals surface area contributed by atoms with Crippen molar-refractivity contribution in [3.63, 3.8) is 0 Å². The summed E-state index contributed by atoms with van der Waals surface area (Å²) in [6, 6.07) is 9.95. The number of piperazine rings is 1. The molecule has 2 aromatic carbocycles. The molecule has 63 heavy (non-hydrogen) atoms. The number of amides is 4. The summed E-state index contributed by atoms with van der Waals surface area (Å²) in [7, 11) is 0. The van der Waals surface area contributed by atoms with Gasteiger partial charge in [0.25, 0.3) is 17.4 Å². The number of primary amides is 1. The molecule has 5 aliphatic rings. The van der Waals surface area contributed by atoms with E-state index in [1.54, 1.807) is 29.0 Å². The normalized spacial score (nSPS) is 22.1. The van der Waals surface area contributed by atoms with Gasteiger partial charge in [-0.2, -0.15) is 4.98 Å². The van der Waals surface area contributed by atoms with Crippen molar-refractivity contribution in [1.29, 1.82) is 0 Å². The van der Waals surface area contributed by atoms with E-state index in [2.05, 4.69) is 25.4 Å². The molecule has 17 nitrogen and oxygen atoms in total. The van der Waals surface area contributed by atoms with Gasteiger partial charge in [-0.15, -0.1) is 0 Å². The maximum atomic E-state index is 16.0. The number of pyridine rings is 1. The van der Waals surface area contributed by atoms with Crippen LogP contribution in [0.25, 0.3) is 10.9 Å². The number of rotatable bonds is 12. The molecular weight excluding hydrogens is 835 g/mol. The molecule has 2 aromatic heterocycles. The Morgan fingerprint density at radius 1 is 0.984 bits per heavy atom. The summed E-state index contributed by atoms with van der Waals surface area (Å²) in [4.78, 5) is 79.0. The van der Waals surface area contributed by atoms with Crippen molar-refractivity contribution in [2.45, 2.75) is 89.3 Å². The fraction of sp³-hybridized carbons (Fsp3) is 0.477. The van der Waals surface area contributed by atoms with E-state index in [-0.39, 0.29) is 66.3 Å². The zero-order valence-electron chi connectivity index (χ0n) is 35.1.